The molecule has 0 spiro atoms. The number of alkyl halides is 1. The molecule has 0 saturated heterocycles. The average molecular weight is 336 g/mol. The molecule has 118 valence electrons. The van der Waals surface area contributed by atoms with E-state index in [9.17, 15) is 14.7 Å². The maximum absolute atomic E-state index is 12.3. The van der Waals surface area contributed by atoms with Crippen molar-refractivity contribution in [2.24, 2.45) is 0 Å². The third kappa shape index (κ3) is 6.46. The largest absolute Gasteiger partial charge is 0.424 e. The summed E-state index contributed by atoms with van der Waals surface area (Å²) in [7, 11) is -3.41. The van der Waals surface area contributed by atoms with Gasteiger partial charge in [-0.15, -0.1) is 11.6 Å². The zero-order valence-electron chi connectivity index (χ0n) is 11.9. The van der Waals surface area contributed by atoms with Gasteiger partial charge in [0, 0.05) is 12.1 Å². The topological polar surface area (TPSA) is 78.7 Å². The molecule has 1 unspecified atom stereocenters. The van der Waals surface area contributed by atoms with Crippen LogP contribution < -0.4 is 4.52 Å². The van der Waals surface area contributed by atoms with Crippen LogP contribution in [0.4, 0.5) is 5.69 Å². The minimum absolute atomic E-state index is 0.0662. The standard InChI is InChI=1S/C13H19ClNO5P/c1-2-3-4-5-10-19-21(18,11-14)20-13-8-6-12(7-9-13)15(16)17/h6-9H,2-5,10-11H2,1H3. The fraction of sp³-hybridized carbons (Fsp3) is 0.538. The van der Waals surface area contributed by atoms with Crippen LogP contribution in [0.2, 0.25) is 0 Å². The van der Waals surface area contributed by atoms with Crippen molar-refractivity contribution in [2.45, 2.75) is 32.6 Å². The summed E-state index contributed by atoms with van der Waals surface area (Å²) >= 11 is 5.66. The van der Waals surface area contributed by atoms with Crippen LogP contribution in [0.25, 0.3) is 0 Å². The number of hydrogen-bond acceptors (Lipinski definition) is 5. The zero-order chi connectivity index (χ0) is 15.7. The highest BCUT2D eigenvalue weighted by Crippen LogP contribution is 2.49. The highest BCUT2D eigenvalue weighted by molar-refractivity contribution is 7.56. The highest BCUT2D eigenvalue weighted by atomic mass is 35.5. The first-order valence-electron chi connectivity index (χ1n) is 6.74. The number of unbranched alkanes of at least 4 members (excludes halogenated alkanes) is 3. The van der Waals surface area contributed by atoms with Gasteiger partial charge in [0.05, 0.1) is 11.5 Å². The number of rotatable bonds is 10. The lowest BCUT2D eigenvalue weighted by Crippen LogP contribution is -2.01. The van der Waals surface area contributed by atoms with E-state index in [1.165, 1.54) is 24.3 Å². The van der Waals surface area contributed by atoms with E-state index >= 15 is 0 Å². The summed E-state index contributed by atoms with van der Waals surface area (Å²) in [5.41, 5.74) is -0.332. The van der Waals surface area contributed by atoms with Crippen LogP contribution in [0.3, 0.4) is 0 Å². The number of benzene rings is 1. The molecular formula is C13H19ClNO5P. The van der Waals surface area contributed by atoms with Crippen molar-refractivity contribution < 1.29 is 18.5 Å². The van der Waals surface area contributed by atoms with Crippen molar-refractivity contribution >= 4 is 24.9 Å². The lowest BCUT2D eigenvalue weighted by atomic mass is 10.2. The van der Waals surface area contributed by atoms with E-state index in [1.807, 2.05) is 0 Å². The minimum atomic E-state index is -3.41. The molecular weight excluding hydrogens is 317 g/mol. The Bertz CT molecular complexity index is 494. The molecule has 1 aromatic rings. The third-order valence-corrected chi connectivity index (χ3v) is 4.96. The molecule has 6 nitrogen and oxygen atoms in total. The van der Waals surface area contributed by atoms with Gasteiger partial charge in [-0.05, 0) is 18.6 Å². The van der Waals surface area contributed by atoms with E-state index in [4.69, 9.17) is 20.6 Å². The predicted molar refractivity (Wildman–Crippen MR) is 82.1 cm³/mol. The molecule has 21 heavy (non-hydrogen) atoms. The summed E-state index contributed by atoms with van der Waals surface area (Å²) in [6, 6.07) is 5.29. The fourth-order valence-electron chi connectivity index (χ4n) is 1.61. The van der Waals surface area contributed by atoms with Crippen LogP contribution in [0, 0.1) is 10.1 Å². The lowest BCUT2D eigenvalue weighted by molar-refractivity contribution is -0.384. The second-order valence-corrected chi connectivity index (χ2v) is 7.09. The van der Waals surface area contributed by atoms with Gasteiger partial charge in [-0.25, -0.2) is 4.57 Å². The maximum atomic E-state index is 12.3. The molecule has 0 saturated carbocycles. The van der Waals surface area contributed by atoms with Gasteiger partial charge in [-0.2, -0.15) is 0 Å². The predicted octanol–water partition coefficient (Wildman–Crippen LogP) is 4.96. The van der Waals surface area contributed by atoms with E-state index in [0.29, 0.717) is 6.61 Å². The number of halogens is 1. The Morgan fingerprint density at radius 1 is 1.24 bits per heavy atom. The van der Waals surface area contributed by atoms with Crippen LogP contribution in [0.5, 0.6) is 5.75 Å². The van der Waals surface area contributed by atoms with Gasteiger partial charge in [0.15, 0.2) is 0 Å². The zero-order valence-corrected chi connectivity index (χ0v) is 13.5. The second kappa shape index (κ2) is 9.03. The molecule has 8 heteroatoms. The van der Waals surface area contributed by atoms with Crippen LogP contribution >= 0.6 is 19.2 Å². The Kier molecular flexibility index (Phi) is 7.72. The summed E-state index contributed by atoms with van der Waals surface area (Å²) in [6.45, 7) is 2.42. The molecule has 0 heterocycles. The summed E-state index contributed by atoms with van der Waals surface area (Å²) in [5.74, 6) is 0.234. The maximum Gasteiger partial charge on any atom is 0.393 e. The first kappa shape index (κ1) is 18.0. The normalized spacial score (nSPS) is 13.6. The summed E-state index contributed by atoms with van der Waals surface area (Å²) in [5, 5.41) is 10.5. The van der Waals surface area contributed by atoms with Crippen molar-refractivity contribution in [3.8, 4) is 5.75 Å². The average Bonchev–Trinajstić information content (AvgIpc) is 2.47. The molecule has 0 amide bonds. The molecule has 1 rings (SSSR count). The molecule has 0 N–H and O–H groups in total. The molecule has 1 atom stereocenters. The Balaban J connectivity index is 2.55. The molecule has 0 aliphatic carbocycles. The number of nitro groups is 1. The van der Waals surface area contributed by atoms with Gasteiger partial charge in [0.25, 0.3) is 5.69 Å². The van der Waals surface area contributed by atoms with E-state index in [0.717, 1.165) is 25.7 Å². The highest BCUT2D eigenvalue weighted by Gasteiger charge is 2.25. The third-order valence-electron chi connectivity index (χ3n) is 2.72. The number of nitro benzene ring substituents is 1. The van der Waals surface area contributed by atoms with Crippen LogP contribution in [-0.2, 0) is 9.09 Å². The van der Waals surface area contributed by atoms with Crippen molar-refractivity contribution in [1.82, 2.24) is 0 Å². The Morgan fingerprint density at radius 2 is 1.90 bits per heavy atom. The molecule has 0 aliphatic heterocycles. The van der Waals surface area contributed by atoms with E-state index in [-0.39, 0.29) is 17.1 Å². The fourth-order valence-corrected chi connectivity index (χ4v) is 2.98. The molecule has 0 aliphatic rings. The molecule has 0 fully saturated rings. The van der Waals surface area contributed by atoms with Crippen molar-refractivity contribution in [2.75, 3.05) is 12.2 Å². The van der Waals surface area contributed by atoms with Gasteiger partial charge in [0.2, 0.25) is 0 Å². The summed E-state index contributed by atoms with van der Waals surface area (Å²) in [4.78, 5) is 10.0. The van der Waals surface area contributed by atoms with Gasteiger partial charge in [0.1, 0.15) is 11.4 Å². The van der Waals surface area contributed by atoms with Gasteiger partial charge >= 0.3 is 7.60 Å². The van der Waals surface area contributed by atoms with Gasteiger partial charge < -0.3 is 4.52 Å². The van der Waals surface area contributed by atoms with Gasteiger partial charge in [-0.1, -0.05) is 26.2 Å². The first-order valence-corrected chi connectivity index (χ1v) is 9.00. The molecule has 0 aromatic heterocycles. The van der Waals surface area contributed by atoms with Crippen molar-refractivity contribution in [3.05, 3.63) is 34.4 Å². The number of hydrogen-bond donors (Lipinski definition) is 0. The van der Waals surface area contributed by atoms with Crippen molar-refractivity contribution in [3.63, 3.8) is 0 Å². The van der Waals surface area contributed by atoms with Gasteiger partial charge in [-0.3, -0.25) is 14.6 Å². The minimum Gasteiger partial charge on any atom is -0.424 e. The van der Waals surface area contributed by atoms with Crippen LogP contribution in [-0.4, -0.2) is 17.2 Å². The quantitative estimate of drug-likeness (QED) is 0.198. The molecule has 0 radical (unpaired) electrons. The first-order chi connectivity index (χ1) is 10.0. The van der Waals surface area contributed by atoms with E-state index in [1.54, 1.807) is 0 Å². The second-order valence-electron chi connectivity index (χ2n) is 4.47. The Morgan fingerprint density at radius 3 is 2.43 bits per heavy atom. The number of non-ortho nitro benzene ring substituents is 1. The molecule has 0 bridgehead atoms. The monoisotopic (exact) mass is 335 g/mol. The van der Waals surface area contributed by atoms with Crippen LogP contribution in [0.15, 0.2) is 24.3 Å². The van der Waals surface area contributed by atoms with E-state index in [2.05, 4.69) is 6.92 Å². The van der Waals surface area contributed by atoms with Crippen molar-refractivity contribution in [1.29, 1.82) is 0 Å². The summed E-state index contributed by atoms with van der Waals surface area (Å²) < 4.78 is 22.8. The summed E-state index contributed by atoms with van der Waals surface area (Å²) in [6.07, 6.45) is 3.98. The SMILES string of the molecule is CCCCCCOP(=O)(CCl)Oc1ccc([N+](=O)[O-])cc1. The van der Waals surface area contributed by atoms with E-state index < -0.39 is 12.5 Å². The lowest BCUT2D eigenvalue weighted by Gasteiger charge is -2.17. The Hall–Kier alpha value is -1.10. The number of nitrogens with zero attached hydrogens (tertiary/aromatic N) is 1. The molecule has 1 aromatic carbocycles. The smallest absolute Gasteiger partial charge is 0.393 e. The van der Waals surface area contributed by atoms with Crippen LogP contribution in [0.1, 0.15) is 32.6 Å². The Labute approximate surface area is 129 Å².